The molecule has 0 heterocycles. The summed E-state index contributed by atoms with van der Waals surface area (Å²) in [6.07, 6.45) is 1.31. The number of carbonyl (C=O) groups is 2. The fraction of sp³-hybridized carbons (Fsp3) is 0.692. The van der Waals surface area contributed by atoms with Crippen molar-refractivity contribution in [2.45, 2.75) is 52.7 Å². The van der Waals surface area contributed by atoms with Crippen molar-refractivity contribution < 1.29 is 19.1 Å². The molecule has 0 rings (SSSR count). The summed E-state index contributed by atoms with van der Waals surface area (Å²) in [6, 6.07) is 0. The van der Waals surface area contributed by atoms with E-state index in [-0.39, 0.29) is 12.1 Å². The van der Waals surface area contributed by atoms with E-state index in [9.17, 15) is 9.59 Å². The lowest BCUT2D eigenvalue weighted by atomic mass is 10.1. The largest absolute Gasteiger partial charge is 0.456 e. The molecule has 0 aliphatic rings. The van der Waals surface area contributed by atoms with E-state index < -0.39 is 23.1 Å². The van der Waals surface area contributed by atoms with Crippen molar-refractivity contribution in [3.63, 3.8) is 0 Å². The third-order valence-corrected chi connectivity index (χ3v) is 1.56. The third kappa shape index (κ3) is 7.06. The summed E-state index contributed by atoms with van der Waals surface area (Å²) >= 11 is 0. The number of ether oxygens (including phenoxy) is 2. The van der Waals surface area contributed by atoms with Crippen LogP contribution in [0.4, 0.5) is 0 Å². The summed E-state index contributed by atoms with van der Waals surface area (Å²) in [5.41, 5.74) is 3.83. The highest BCUT2D eigenvalue weighted by Gasteiger charge is 2.28. The maximum atomic E-state index is 11.8. The summed E-state index contributed by atoms with van der Waals surface area (Å²) in [5, 5.41) is 0. The highest BCUT2D eigenvalue weighted by atomic mass is 16.6. The first kappa shape index (κ1) is 16.6. The van der Waals surface area contributed by atoms with Crippen molar-refractivity contribution in [3.8, 4) is 0 Å². The molecule has 0 aromatic rings. The Balaban J connectivity index is 4.94. The molecule has 2 N–H and O–H groups in total. The van der Waals surface area contributed by atoms with Gasteiger partial charge in [-0.05, 0) is 47.6 Å². The number of nitrogens with two attached hydrogens (primary N) is 1. The van der Waals surface area contributed by atoms with E-state index >= 15 is 0 Å². The first-order chi connectivity index (χ1) is 7.96. The molecule has 0 aliphatic carbocycles. The molecule has 0 atom stereocenters. The molecular formula is C13H23NO4. The highest BCUT2D eigenvalue weighted by molar-refractivity contribution is 6.14. The van der Waals surface area contributed by atoms with Gasteiger partial charge in [-0.1, -0.05) is 0 Å². The monoisotopic (exact) mass is 257 g/mol. The van der Waals surface area contributed by atoms with E-state index in [0.717, 1.165) is 0 Å². The highest BCUT2D eigenvalue weighted by Crippen LogP contribution is 2.15. The Labute approximate surface area is 108 Å². The fourth-order valence-corrected chi connectivity index (χ4v) is 1.03. The van der Waals surface area contributed by atoms with Gasteiger partial charge in [0.15, 0.2) is 0 Å². The van der Waals surface area contributed by atoms with E-state index in [1.807, 2.05) is 0 Å². The van der Waals surface area contributed by atoms with E-state index in [1.165, 1.54) is 6.08 Å². The number of hydrogen-bond donors (Lipinski definition) is 1. The quantitative estimate of drug-likeness (QED) is 0.359. The molecule has 18 heavy (non-hydrogen) atoms. The fourth-order valence-electron chi connectivity index (χ4n) is 1.03. The lowest BCUT2D eigenvalue weighted by molar-refractivity contribution is -0.158. The maximum absolute atomic E-state index is 11.8. The minimum atomic E-state index is -0.720. The predicted octanol–water partition coefficient (Wildman–Crippen LogP) is 1.55. The summed E-state index contributed by atoms with van der Waals surface area (Å²) < 4.78 is 10.2. The van der Waals surface area contributed by atoms with Gasteiger partial charge in [0.1, 0.15) is 16.8 Å². The average molecular weight is 257 g/mol. The van der Waals surface area contributed by atoms with Crippen LogP contribution in [0.5, 0.6) is 0 Å². The third-order valence-electron chi connectivity index (χ3n) is 1.56. The van der Waals surface area contributed by atoms with Crippen LogP contribution in [0.25, 0.3) is 0 Å². The minimum Gasteiger partial charge on any atom is -0.456 e. The SMILES string of the molecule is CC(C)(C)OC(=O)C(=CCN)C(=O)OC(C)(C)C. The van der Waals surface area contributed by atoms with Crippen LogP contribution in [0.2, 0.25) is 0 Å². The Morgan fingerprint density at radius 3 is 1.50 bits per heavy atom. The molecule has 0 aromatic heterocycles. The normalized spacial score (nSPS) is 11.7. The van der Waals surface area contributed by atoms with Crippen LogP contribution in [0, 0.1) is 0 Å². The van der Waals surface area contributed by atoms with Gasteiger partial charge in [0.25, 0.3) is 0 Å². The smallest absolute Gasteiger partial charge is 0.345 e. The second-order valence-corrected chi connectivity index (χ2v) is 5.86. The maximum Gasteiger partial charge on any atom is 0.345 e. The molecule has 5 nitrogen and oxygen atoms in total. The molecule has 0 bridgehead atoms. The van der Waals surface area contributed by atoms with Crippen molar-refractivity contribution >= 4 is 11.9 Å². The van der Waals surface area contributed by atoms with Crippen molar-refractivity contribution in [2.24, 2.45) is 5.73 Å². The Morgan fingerprint density at radius 1 is 0.944 bits per heavy atom. The van der Waals surface area contributed by atoms with Gasteiger partial charge in [0.05, 0.1) is 0 Å². The number of esters is 2. The summed E-state index contributed by atoms with van der Waals surface area (Å²) in [6.45, 7) is 10.4. The number of rotatable bonds is 3. The zero-order valence-electron chi connectivity index (χ0n) is 12.0. The molecule has 0 aliphatic heterocycles. The average Bonchev–Trinajstić information content (AvgIpc) is 2.07. The molecule has 5 heteroatoms. The molecule has 0 fully saturated rings. The standard InChI is InChI=1S/C13H23NO4/c1-12(2,3)17-10(15)9(7-8-14)11(16)18-13(4,5)6/h7H,8,14H2,1-6H3. The van der Waals surface area contributed by atoms with Gasteiger partial charge in [0, 0.05) is 6.54 Å². The summed E-state index contributed by atoms with van der Waals surface area (Å²) in [4.78, 5) is 23.7. The second-order valence-electron chi connectivity index (χ2n) is 5.86. The van der Waals surface area contributed by atoms with Gasteiger partial charge in [-0.25, -0.2) is 9.59 Å². The van der Waals surface area contributed by atoms with E-state index in [1.54, 1.807) is 41.5 Å². The molecule has 104 valence electrons. The van der Waals surface area contributed by atoms with Gasteiger partial charge < -0.3 is 15.2 Å². The molecule has 0 spiro atoms. The lowest BCUT2D eigenvalue weighted by Crippen LogP contribution is -2.31. The van der Waals surface area contributed by atoms with Crippen molar-refractivity contribution in [2.75, 3.05) is 6.54 Å². The van der Waals surface area contributed by atoms with Gasteiger partial charge in [-0.15, -0.1) is 0 Å². The van der Waals surface area contributed by atoms with Crippen LogP contribution in [0.3, 0.4) is 0 Å². The first-order valence-electron chi connectivity index (χ1n) is 5.83. The van der Waals surface area contributed by atoms with Crippen molar-refractivity contribution in [3.05, 3.63) is 11.6 Å². The Morgan fingerprint density at radius 2 is 1.28 bits per heavy atom. The Kier molecular flexibility index (Phi) is 5.55. The lowest BCUT2D eigenvalue weighted by Gasteiger charge is -2.23. The van der Waals surface area contributed by atoms with Crippen LogP contribution >= 0.6 is 0 Å². The predicted molar refractivity (Wildman–Crippen MR) is 68.8 cm³/mol. The Hall–Kier alpha value is -1.36. The topological polar surface area (TPSA) is 78.6 Å². The summed E-state index contributed by atoms with van der Waals surface area (Å²) in [7, 11) is 0. The molecule has 0 amide bonds. The molecule has 0 aromatic carbocycles. The van der Waals surface area contributed by atoms with Crippen LogP contribution in [-0.4, -0.2) is 29.7 Å². The van der Waals surface area contributed by atoms with Gasteiger partial charge in [-0.3, -0.25) is 0 Å². The first-order valence-corrected chi connectivity index (χ1v) is 5.83. The Bertz CT molecular complexity index is 315. The van der Waals surface area contributed by atoms with Crippen LogP contribution < -0.4 is 5.73 Å². The zero-order valence-corrected chi connectivity index (χ0v) is 12.0. The van der Waals surface area contributed by atoms with Crippen LogP contribution in [0.15, 0.2) is 11.6 Å². The number of hydrogen-bond acceptors (Lipinski definition) is 5. The molecule has 0 saturated heterocycles. The minimum absolute atomic E-state index is 0.0633. The zero-order chi connectivity index (χ0) is 14.6. The van der Waals surface area contributed by atoms with Gasteiger partial charge >= 0.3 is 11.9 Å². The number of carbonyl (C=O) groups excluding carboxylic acids is 2. The van der Waals surface area contributed by atoms with E-state index in [4.69, 9.17) is 15.2 Å². The van der Waals surface area contributed by atoms with Crippen LogP contribution in [0.1, 0.15) is 41.5 Å². The molecule has 0 saturated carbocycles. The molecular weight excluding hydrogens is 234 g/mol. The van der Waals surface area contributed by atoms with Crippen molar-refractivity contribution in [1.29, 1.82) is 0 Å². The van der Waals surface area contributed by atoms with E-state index in [0.29, 0.717) is 0 Å². The van der Waals surface area contributed by atoms with Gasteiger partial charge in [-0.2, -0.15) is 0 Å². The van der Waals surface area contributed by atoms with Crippen LogP contribution in [-0.2, 0) is 19.1 Å². The molecule has 0 radical (unpaired) electrons. The van der Waals surface area contributed by atoms with E-state index in [2.05, 4.69) is 0 Å². The van der Waals surface area contributed by atoms with Gasteiger partial charge in [0.2, 0.25) is 0 Å². The second kappa shape index (κ2) is 6.00. The summed E-state index contributed by atoms with van der Waals surface area (Å²) in [5.74, 6) is -1.44. The van der Waals surface area contributed by atoms with Crippen molar-refractivity contribution in [1.82, 2.24) is 0 Å². The molecule has 0 unspecified atom stereocenters.